The fourth-order valence-corrected chi connectivity index (χ4v) is 4.65. The molecule has 3 heterocycles. The number of benzene rings is 1. The van der Waals surface area contributed by atoms with E-state index in [1.165, 1.54) is 17.6 Å². The molecule has 4 aromatic rings. The molecule has 0 radical (unpaired) electrons. The van der Waals surface area contributed by atoms with Crippen LogP contribution in [-0.2, 0) is 22.9 Å². The highest BCUT2D eigenvalue weighted by Crippen LogP contribution is 2.27. The monoisotopic (exact) mass is 467 g/mol. The second-order valence-electron chi connectivity index (χ2n) is 7.29. The molecule has 1 N–H and O–H groups in total. The van der Waals surface area contributed by atoms with Gasteiger partial charge in [-0.2, -0.15) is 5.10 Å². The van der Waals surface area contributed by atoms with E-state index < -0.39 is 9.84 Å². The number of rotatable bonds is 7. The van der Waals surface area contributed by atoms with Crippen molar-refractivity contribution in [3.63, 3.8) is 0 Å². The molecule has 0 fully saturated rings. The van der Waals surface area contributed by atoms with Crippen molar-refractivity contribution in [2.45, 2.75) is 24.9 Å². The maximum absolute atomic E-state index is 12.6. The van der Waals surface area contributed by atoms with Gasteiger partial charge in [-0.05, 0) is 42.3 Å². The number of nitrogens with one attached hydrogen (secondary N) is 1. The minimum Gasteiger partial charge on any atom is -0.347 e. The predicted octanol–water partition coefficient (Wildman–Crippen LogP) is 3.09. The summed E-state index contributed by atoms with van der Waals surface area (Å²) in [6, 6.07) is 12.3. The Labute approximate surface area is 189 Å². The lowest BCUT2D eigenvalue weighted by Gasteiger charge is -2.03. The molecular weight excluding hydrogens is 446 g/mol. The van der Waals surface area contributed by atoms with Gasteiger partial charge in [0.05, 0.1) is 17.1 Å². The summed E-state index contributed by atoms with van der Waals surface area (Å²) in [7, 11) is -3.22. The maximum atomic E-state index is 12.6. The quantitative estimate of drug-likeness (QED) is 0.448. The standard InChI is InChI=1S/C22H21N5O3S2/c1-15-20(21(28)24-13-17-4-3-10-23-12-17)31-22(25-15)19-9-11-27(26-19)14-16-5-7-18(8-6-16)32(2,29)30/h3-12H,13-14H2,1-2H3,(H,24,28). The number of amides is 1. The topological polar surface area (TPSA) is 107 Å². The Kier molecular flexibility index (Phi) is 6.15. The lowest BCUT2D eigenvalue weighted by atomic mass is 10.2. The van der Waals surface area contributed by atoms with Gasteiger partial charge in [0.2, 0.25) is 0 Å². The second-order valence-corrected chi connectivity index (χ2v) is 10.3. The predicted molar refractivity (Wildman–Crippen MR) is 122 cm³/mol. The molecule has 0 saturated heterocycles. The van der Waals surface area contributed by atoms with E-state index in [9.17, 15) is 13.2 Å². The van der Waals surface area contributed by atoms with Crippen molar-refractivity contribution in [2.75, 3.05) is 6.26 Å². The highest BCUT2D eigenvalue weighted by Gasteiger charge is 2.17. The van der Waals surface area contributed by atoms with E-state index in [0.29, 0.717) is 34.4 Å². The minimum atomic E-state index is -3.22. The molecule has 10 heteroatoms. The summed E-state index contributed by atoms with van der Waals surface area (Å²) in [5, 5.41) is 8.12. The van der Waals surface area contributed by atoms with E-state index in [1.807, 2.05) is 24.4 Å². The molecule has 8 nitrogen and oxygen atoms in total. The van der Waals surface area contributed by atoms with Crippen molar-refractivity contribution in [1.82, 2.24) is 25.1 Å². The fourth-order valence-electron chi connectivity index (χ4n) is 3.07. The van der Waals surface area contributed by atoms with Crippen LogP contribution in [0.5, 0.6) is 0 Å². The van der Waals surface area contributed by atoms with Gasteiger partial charge < -0.3 is 5.32 Å². The Hall–Kier alpha value is -3.37. The molecular formula is C22H21N5O3S2. The third-order valence-electron chi connectivity index (χ3n) is 4.73. The molecule has 0 spiro atoms. The van der Waals surface area contributed by atoms with Crippen molar-refractivity contribution in [1.29, 1.82) is 0 Å². The lowest BCUT2D eigenvalue weighted by Crippen LogP contribution is -2.22. The summed E-state index contributed by atoms with van der Waals surface area (Å²) in [6.07, 6.45) is 6.42. The molecule has 1 aromatic carbocycles. The number of hydrogen-bond acceptors (Lipinski definition) is 7. The minimum absolute atomic E-state index is 0.180. The Morgan fingerprint density at radius 3 is 2.59 bits per heavy atom. The lowest BCUT2D eigenvalue weighted by molar-refractivity contribution is 0.0954. The summed E-state index contributed by atoms with van der Waals surface area (Å²) < 4.78 is 25.0. The molecule has 0 aliphatic heterocycles. The summed E-state index contributed by atoms with van der Waals surface area (Å²) in [4.78, 5) is 22.0. The number of carbonyl (C=O) groups is 1. The molecule has 0 atom stereocenters. The van der Waals surface area contributed by atoms with Crippen molar-refractivity contribution in [3.8, 4) is 10.7 Å². The number of aryl methyl sites for hydroxylation is 1. The average molecular weight is 468 g/mol. The van der Waals surface area contributed by atoms with Crippen LogP contribution in [0.25, 0.3) is 10.7 Å². The van der Waals surface area contributed by atoms with Gasteiger partial charge >= 0.3 is 0 Å². The number of nitrogens with zero attached hydrogens (tertiary/aromatic N) is 4. The van der Waals surface area contributed by atoms with Gasteiger partial charge in [-0.25, -0.2) is 13.4 Å². The van der Waals surface area contributed by atoms with Gasteiger partial charge in [0.15, 0.2) is 9.84 Å². The fraction of sp³-hybridized carbons (Fsp3) is 0.182. The Morgan fingerprint density at radius 1 is 1.12 bits per heavy atom. The largest absolute Gasteiger partial charge is 0.347 e. The van der Waals surface area contributed by atoms with Crippen molar-refractivity contribution >= 4 is 27.1 Å². The molecule has 32 heavy (non-hydrogen) atoms. The number of sulfone groups is 1. The second kappa shape index (κ2) is 9.01. The molecule has 4 rings (SSSR count). The van der Waals surface area contributed by atoms with Crippen LogP contribution in [0.15, 0.2) is 66.0 Å². The van der Waals surface area contributed by atoms with E-state index in [1.54, 1.807) is 48.3 Å². The average Bonchev–Trinajstić information content (AvgIpc) is 3.39. The Bertz CT molecular complexity index is 1340. The highest BCUT2D eigenvalue weighted by atomic mass is 32.2. The summed E-state index contributed by atoms with van der Waals surface area (Å²) in [5.41, 5.74) is 3.18. The Balaban J connectivity index is 1.44. The van der Waals surface area contributed by atoms with Crippen LogP contribution in [-0.4, -0.2) is 40.3 Å². The molecule has 0 aliphatic rings. The SMILES string of the molecule is Cc1nc(-c2ccn(Cc3ccc(S(C)(=O)=O)cc3)n2)sc1C(=O)NCc1cccnc1. The smallest absolute Gasteiger partial charge is 0.263 e. The number of carbonyl (C=O) groups excluding carboxylic acids is 1. The van der Waals surface area contributed by atoms with E-state index in [2.05, 4.69) is 20.4 Å². The molecule has 0 unspecified atom stereocenters. The van der Waals surface area contributed by atoms with Gasteiger partial charge in [-0.1, -0.05) is 18.2 Å². The van der Waals surface area contributed by atoms with Gasteiger partial charge in [-0.3, -0.25) is 14.5 Å². The number of aromatic nitrogens is 4. The van der Waals surface area contributed by atoms with Crippen LogP contribution in [0.3, 0.4) is 0 Å². The third-order valence-corrected chi connectivity index (χ3v) is 7.04. The normalized spacial score (nSPS) is 11.4. The first-order valence-electron chi connectivity index (χ1n) is 9.77. The number of pyridine rings is 1. The van der Waals surface area contributed by atoms with Crippen LogP contribution < -0.4 is 5.32 Å². The van der Waals surface area contributed by atoms with Crippen molar-refractivity contribution < 1.29 is 13.2 Å². The van der Waals surface area contributed by atoms with E-state index >= 15 is 0 Å². The number of thiazole rings is 1. The zero-order valence-corrected chi connectivity index (χ0v) is 19.2. The van der Waals surface area contributed by atoms with Gasteiger partial charge in [0, 0.05) is 31.4 Å². The van der Waals surface area contributed by atoms with Crippen LogP contribution in [0.4, 0.5) is 0 Å². The number of hydrogen-bond donors (Lipinski definition) is 1. The maximum Gasteiger partial charge on any atom is 0.263 e. The van der Waals surface area contributed by atoms with Gasteiger partial charge in [-0.15, -0.1) is 11.3 Å². The zero-order valence-electron chi connectivity index (χ0n) is 17.5. The summed E-state index contributed by atoms with van der Waals surface area (Å²) >= 11 is 1.30. The Morgan fingerprint density at radius 2 is 1.91 bits per heavy atom. The van der Waals surface area contributed by atoms with Gasteiger partial charge in [0.25, 0.3) is 5.91 Å². The van der Waals surface area contributed by atoms with E-state index in [4.69, 9.17) is 0 Å². The van der Waals surface area contributed by atoms with Gasteiger partial charge in [0.1, 0.15) is 15.6 Å². The van der Waals surface area contributed by atoms with Crippen molar-refractivity contribution in [3.05, 3.63) is 82.8 Å². The first kappa shape index (κ1) is 21.8. The molecule has 3 aromatic heterocycles. The highest BCUT2D eigenvalue weighted by molar-refractivity contribution is 7.90. The molecule has 0 aliphatic carbocycles. The molecule has 1 amide bonds. The van der Waals surface area contributed by atoms with Crippen LogP contribution in [0.1, 0.15) is 26.5 Å². The van der Waals surface area contributed by atoms with Crippen LogP contribution >= 0.6 is 11.3 Å². The summed E-state index contributed by atoms with van der Waals surface area (Å²) in [6.45, 7) is 2.69. The van der Waals surface area contributed by atoms with Crippen LogP contribution in [0, 0.1) is 6.92 Å². The first-order chi connectivity index (χ1) is 15.3. The molecule has 0 bridgehead atoms. The van der Waals surface area contributed by atoms with Crippen molar-refractivity contribution in [2.24, 2.45) is 0 Å². The first-order valence-corrected chi connectivity index (χ1v) is 12.5. The van der Waals surface area contributed by atoms with E-state index in [0.717, 1.165) is 11.1 Å². The van der Waals surface area contributed by atoms with E-state index in [-0.39, 0.29) is 10.8 Å². The zero-order chi connectivity index (χ0) is 22.7. The van der Waals surface area contributed by atoms with Crippen LogP contribution in [0.2, 0.25) is 0 Å². The molecule has 164 valence electrons. The summed E-state index contributed by atoms with van der Waals surface area (Å²) in [5.74, 6) is -0.180. The molecule has 0 saturated carbocycles. The third kappa shape index (κ3) is 5.09.